The quantitative estimate of drug-likeness (QED) is 0.803. The van der Waals surface area contributed by atoms with Crippen LogP contribution >= 0.6 is 15.9 Å². The molecule has 2 aromatic carbocycles. The molecule has 0 aromatic heterocycles. The summed E-state index contributed by atoms with van der Waals surface area (Å²) in [6.07, 6.45) is 3.29. The average molecular weight is 405 g/mol. The zero-order valence-corrected chi connectivity index (χ0v) is 15.1. The number of carbonyl (C=O) groups is 2. The minimum Gasteiger partial charge on any atom is -0.366 e. The highest BCUT2D eigenvalue weighted by Crippen LogP contribution is 2.42. The number of nitrogens with one attached hydrogen (secondary N) is 1. The first-order valence-corrected chi connectivity index (χ1v) is 8.88. The lowest BCUT2D eigenvalue weighted by Gasteiger charge is -2.28. The van der Waals surface area contributed by atoms with Gasteiger partial charge in [-0.15, -0.1) is 0 Å². The molecule has 0 bridgehead atoms. The van der Waals surface area contributed by atoms with Gasteiger partial charge in [-0.2, -0.15) is 0 Å². The molecule has 1 aliphatic rings. The molecule has 0 radical (unpaired) electrons. The highest BCUT2D eigenvalue weighted by Gasteiger charge is 2.42. The van der Waals surface area contributed by atoms with Gasteiger partial charge in [0.1, 0.15) is 5.82 Å². The summed E-state index contributed by atoms with van der Waals surface area (Å²) < 4.78 is 15.0. The van der Waals surface area contributed by atoms with Crippen LogP contribution in [0.15, 0.2) is 46.9 Å². The summed E-state index contributed by atoms with van der Waals surface area (Å²) >= 11 is 3.40. The molecule has 0 saturated heterocycles. The van der Waals surface area contributed by atoms with E-state index >= 15 is 0 Å². The standard InChI is InChI=1S/C19H18BrFN2O2/c20-14-6-4-13(5-7-14)19(9-1-2-10-19)18(25)23-16-11-12(17(22)24)3-8-15(16)21/h3-8,11H,1-2,9-10H2,(H2,22,24)(H,23,25). The van der Waals surface area contributed by atoms with Crippen LogP contribution in [0.3, 0.4) is 0 Å². The molecule has 0 spiro atoms. The van der Waals surface area contributed by atoms with E-state index in [1.165, 1.54) is 12.1 Å². The molecule has 1 saturated carbocycles. The summed E-state index contributed by atoms with van der Waals surface area (Å²) in [6.45, 7) is 0. The molecule has 0 unspecified atom stereocenters. The van der Waals surface area contributed by atoms with Gasteiger partial charge < -0.3 is 11.1 Å². The van der Waals surface area contributed by atoms with Crippen LogP contribution in [-0.2, 0) is 10.2 Å². The van der Waals surface area contributed by atoms with Crippen molar-refractivity contribution in [3.63, 3.8) is 0 Å². The van der Waals surface area contributed by atoms with E-state index in [9.17, 15) is 14.0 Å². The minimum atomic E-state index is -0.685. The van der Waals surface area contributed by atoms with Crippen molar-refractivity contribution >= 4 is 33.4 Å². The fourth-order valence-electron chi connectivity index (χ4n) is 3.41. The Morgan fingerprint density at radius 1 is 1.08 bits per heavy atom. The highest BCUT2D eigenvalue weighted by atomic mass is 79.9. The third-order valence-corrected chi connectivity index (χ3v) is 5.32. The third kappa shape index (κ3) is 3.44. The van der Waals surface area contributed by atoms with E-state index in [4.69, 9.17) is 5.73 Å². The molecule has 2 amide bonds. The number of hydrogen-bond acceptors (Lipinski definition) is 2. The molecule has 4 nitrogen and oxygen atoms in total. The van der Waals surface area contributed by atoms with Crippen molar-refractivity contribution in [1.29, 1.82) is 0 Å². The molecule has 6 heteroatoms. The van der Waals surface area contributed by atoms with Crippen LogP contribution in [0.1, 0.15) is 41.6 Å². The molecule has 25 heavy (non-hydrogen) atoms. The first kappa shape index (κ1) is 17.6. The van der Waals surface area contributed by atoms with E-state index in [0.29, 0.717) is 12.8 Å². The lowest BCUT2D eigenvalue weighted by Crippen LogP contribution is -2.38. The number of carbonyl (C=O) groups excluding carboxylic acids is 2. The van der Waals surface area contributed by atoms with Crippen molar-refractivity contribution in [3.8, 4) is 0 Å². The van der Waals surface area contributed by atoms with Crippen molar-refractivity contribution in [3.05, 3.63) is 63.9 Å². The second kappa shape index (κ2) is 6.96. The van der Waals surface area contributed by atoms with E-state index in [2.05, 4.69) is 21.2 Å². The normalized spacial score (nSPS) is 15.8. The highest BCUT2D eigenvalue weighted by molar-refractivity contribution is 9.10. The van der Waals surface area contributed by atoms with Crippen molar-refractivity contribution in [2.24, 2.45) is 5.73 Å². The molecular weight excluding hydrogens is 387 g/mol. The zero-order valence-electron chi connectivity index (χ0n) is 13.5. The molecule has 3 rings (SSSR count). The largest absolute Gasteiger partial charge is 0.366 e. The van der Waals surface area contributed by atoms with Gasteiger partial charge in [0.2, 0.25) is 11.8 Å². The van der Waals surface area contributed by atoms with Crippen LogP contribution in [0.2, 0.25) is 0 Å². The second-order valence-electron chi connectivity index (χ2n) is 6.31. The van der Waals surface area contributed by atoms with Crippen LogP contribution in [0, 0.1) is 5.82 Å². The number of halogens is 2. The summed E-state index contributed by atoms with van der Waals surface area (Å²) in [4.78, 5) is 24.4. The van der Waals surface area contributed by atoms with Gasteiger partial charge in [-0.25, -0.2) is 4.39 Å². The van der Waals surface area contributed by atoms with Gasteiger partial charge in [0, 0.05) is 10.0 Å². The van der Waals surface area contributed by atoms with Crippen molar-refractivity contribution in [2.45, 2.75) is 31.1 Å². The first-order chi connectivity index (χ1) is 11.9. The Balaban J connectivity index is 1.94. The second-order valence-corrected chi connectivity index (χ2v) is 7.22. The van der Waals surface area contributed by atoms with Crippen molar-refractivity contribution < 1.29 is 14.0 Å². The number of anilines is 1. The maximum absolute atomic E-state index is 14.1. The van der Waals surface area contributed by atoms with Gasteiger partial charge in [0.05, 0.1) is 11.1 Å². The number of primary amides is 1. The van der Waals surface area contributed by atoms with E-state index in [-0.39, 0.29) is 17.2 Å². The fraction of sp³-hybridized carbons (Fsp3) is 0.263. The third-order valence-electron chi connectivity index (χ3n) is 4.79. The lowest BCUT2D eigenvalue weighted by atomic mass is 9.78. The van der Waals surface area contributed by atoms with Gasteiger partial charge >= 0.3 is 0 Å². The Kier molecular flexibility index (Phi) is 4.90. The Hall–Kier alpha value is -2.21. The van der Waals surface area contributed by atoms with E-state index in [1.54, 1.807) is 0 Å². The lowest BCUT2D eigenvalue weighted by molar-refractivity contribution is -0.121. The summed E-state index contributed by atoms with van der Waals surface area (Å²) in [5, 5.41) is 2.67. The van der Waals surface area contributed by atoms with Crippen LogP contribution in [0.5, 0.6) is 0 Å². The number of rotatable bonds is 4. The summed E-state index contributed by atoms with van der Waals surface area (Å²) in [5.41, 5.74) is 5.60. The van der Waals surface area contributed by atoms with Crippen molar-refractivity contribution in [2.75, 3.05) is 5.32 Å². The molecule has 0 atom stereocenters. The monoisotopic (exact) mass is 404 g/mol. The first-order valence-electron chi connectivity index (χ1n) is 8.09. The summed E-state index contributed by atoms with van der Waals surface area (Å²) in [5.74, 6) is -1.52. The molecule has 1 fully saturated rings. The van der Waals surface area contributed by atoms with Crippen LogP contribution < -0.4 is 11.1 Å². The molecule has 1 aliphatic carbocycles. The number of hydrogen-bond donors (Lipinski definition) is 2. The van der Waals surface area contributed by atoms with Gasteiger partial charge in [0.25, 0.3) is 0 Å². The van der Waals surface area contributed by atoms with Gasteiger partial charge in [-0.1, -0.05) is 40.9 Å². The number of amides is 2. The topological polar surface area (TPSA) is 72.2 Å². The Morgan fingerprint density at radius 3 is 2.32 bits per heavy atom. The maximum Gasteiger partial charge on any atom is 0.248 e. The van der Waals surface area contributed by atoms with Gasteiger partial charge in [-0.05, 0) is 48.7 Å². The van der Waals surface area contributed by atoms with Crippen LogP contribution in [-0.4, -0.2) is 11.8 Å². The zero-order chi connectivity index (χ0) is 18.0. The molecule has 0 aliphatic heterocycles. The van der Waals surface area contributed by atoms with Crippen LogP contribution in [0.25, 0.3) is 0 Å². The van der Waals surface area contributed by atoms with Gasteiger partial charge in [-0.3, -0.25) is 9.59 Å². The van der Waals surface area contributed by atoms with Gasteiger partial charge in [0.15, 0.2) is 0 Å². The predicted octanol–water partition coefficient (Wildman–Crippen LogP) is 4.14. The maximum atomic E-state index is 14.1. The summed E-state index contributed by atoms with van der Waals surface area (Å²) in [6, 6.07) is 11.4. The van der Waals surface area contributed by atoms with Crippen molar-refractivity contribution in [1.82, 2.24) is 0 Å². The predicted molar refractivity (Wildman–Crippen MR) is 97.8 cm³/mol. The van der Waals surface area contributed by atoms with E-state index in [1.807, 2.05) is 24.3 Å². The molecule has 130 valence electrons. The van der Waals surface area contributed by atoms with E-state index < -0.39 is 17.1 Å². The molecule has 3 N–H and O–H groups in total. The van der Waals surface area contributed by atoms with Crippen LogP contribution in [0.4, 0.5) is 10.1 Å². The summed E-state index contributed by atoms with van der Waals surface area (Å²) in [7, 11) is 0. The Labute approximate surface area is 153 Å². The Bertz CT molecular complexity index is 815. The molecule has 0 heterocycles. The fourth-order valence-corrected chi connectivity index (χ4v) is 3.67. The molecular formula is C19H18BrFN2O2. The molecule has 2 aromatic rings. The smallest absolute Gasteiger partial charge is 0.248 e. The van der Waals surface area contributed by atoms with E-state index in [0.717, 1.165) is 28.9 Å². The Morgan fingerprint density at radius 2 is 1.72 bits per heavy atom. The minimum absolute atomic E-state index is 0.0234. The number of nitrogens with two attached hydrogens (primary N) is 1. The average Bonchev–Trinajstić information content (AvgIpc) is 3.08. The SMILES string of the molecule is NC(=O)c1ccc(F)c(NC(=O)C2(c3ccc(Br)cc3)CCCC2)c1. The number of benzene rings is 2.